The Balaban J connectivity index is 0.972. The Bertz CT molecular complexity index is 1520. The third-order valence-electron chi connectivity index (χ3n) is 11.8. The lowest BCUT2D eigenvalue weighted by molar-refractivity contribution is -0.230. The van der Waals surface area contributed by atoms with Gasteiger partial charge >= 0.3 is 0 Å². The molecule has 0 aromatic rings. The molecule has 8 rings (SSSR count). The van der Waals surface area contributed by atoms with Crippen LogP contribution in [-0.2, 0) is 56.8 Å². The van der Waals surface area contributed by atoms with Crippen LogP contribution in [0, 0.1) is 0 Å². The molecule has 0 aromatic carbocycles. The van der Waals surface area contributed by atoms with E-state index in [0.717, 1.165) is 0 Å². The first-order chi connectivity index (χ1) is 27.5. The molecule has 0 spiro atoms. The van der Waals surface area contributed by atoms with Crippen LogP contribution < -0.4 is 5.32 Å². The summed E-state index contributed by atoms with van der Waals surface area (Å²) in [6.07, 6.45) is -19.2. The van der Waals surface area contributed by atoms with E-state index >= 15 is 0 Å². The van der Waals surface area contributed by atoms with Gasteiger partial charge in [-0.15, -0.1) is 0 Å². The van der Waals surface area contributed by atoms with Crippen LogP contribution in [0.15, 0.2) is 5.11 Å². The van der Waals surface area contributed by atoms with E-state index in [4.69, 9.17) is 56.8 Å². The second-order valence-corrected chi connectivity index (χ2v) is 18.4. The van der Waals surface area contributed by atoms with Crippen molar-refractivity contribution in [1.29, 1.82) is 0 Å². The van der Waals surface area contributed by atoms with Crippen molar-refractivity contribution < 1.29 is 87.5 Å². The Morgan fingerprint density at radius 3 is 1.37 bits per heavy atom. The predicted octanol–water partition coefficient (Wildman–Crippen LogP) is -2.40. The van der Waals surface area contributed by atoms with Gasteiger partial charge in [-0.2, -0.15) is 0 Å². The lowest BCUT2D eigenvalue weighted by Crippen LogP contribution is -2.57. The monoisotopic (exact) mass is 849 g/mol. The average Bonchev–Trinajstić information content (AvgIpc) is 3.98. The minimum Gasteiger partial charge on any atom is -0.389 e. The highest BCUT2D eigenvalue weighted by Gasteiger charge is 2.60. The van der Waals surface area contributed by atoms with Crippen LogP contribution in [-0.4, -0.2) is 208 Å². The van der Waals surface area contributed by atoms with Crippen LogP contribution >= 0.6 is 0 Å². The maximum absolute atomic E-state index is 12.0. The second kappa shape index (κ2) is 15.9. The first-order valence-electron chi connectivity index (χ1n) is 20.2. The number of nitrogens with one attached hydrogen (secondary N) is 1. The number of hydrogen-bond donors (Lipinski definition) is 7. The summed E-state index contributed by atoms with van der Waals surface area (Å²) in [7, 11) is 0. The van der Waals surface area contributed by atoms with E-state index in [0.29, 0.717) is 0 Å². The fourth-order valence-corrected chi connectivity index (χ4v) is 9.49. The maximum atomic E-state index is 12.0. The van der Waals surface area contributed by atoms with Gasteiger partial charge in [-0.25, -0.2) is 0 Å². The lowest BCUT2D eigenvalue weighted by atomic mass is 9.99. The van der Waals surface area contributed by atoms with Crippen LogP contribution in [0.5, 0.6) is 0 Å². The Labute approximate surface area is 340 Å². The number of ether oxygens (including phenoxy) is 12. The van der Waals surface area contributed by atoms with Gasteiger partial charge < -0.3 is 92.8 Å². The number of azide groups is 1. The van der Waals surface area contributed by atoms with Gasteiger partial charge in [-0.1, -0.05) is 5.11 Å². The zero-order valence-corrected chi connectivity index (χ0v) is 34.2. The normalized spacial score (nSPS) is 46.8. The largest absolute Gasteiger partial charge is 0.389 e. The molecule has 23 heteroatoms. The number of hydrogen-bond acceptors (Lipinski definition) is 21. The summed E-state index contributed by atoms with van der Waals surface area (Å²) >= 11 is 0. The summed E-state index contributed by atoms with van der Waals surface area (Å²) in [5, 5.41) is 75.7. The van der Waals surface area contributed by atoms with Crippen molar-refractivity contribution in [3.8, 4) is 0 Å². The molecule has 23 nitrogen and oxygen atoms in total. The highest BCUT2D eigenvalue weighted by molar-refractivity contribution is 5.05. The number of aliphatic hydroxyl groups is 6. The van der Waals surface area contributed by atoms with Gasteiger partial charge in [-0.05, 0) is 60.9 Å². The molecule has 7 N–H and O–H groups in total. The van der Waals surface area contributed by atoms with E-state index in [2.05, 4.69) is 15.3 Å². The molecule has 0 radical (unpaired) electrons. The van der Waals surface area contributed by atoms with Gasteiger partial charge in [0, 0.05) is 31.1 Å². The molecule has 0 saturated carbocycles. The Hall–Kier alpha value is -1.49. The molecule has 0 unspecified atom stereocenters. The molecule has 8 heterocycles. The lowest BCUT2D eigenvalue weighted by Gasteiger charge is -2.36. The molecule has 336 valence electrons. The molecule has 0 amide bonds. The highest BCUT2D eigenvalue weighted by Crippen LogP contribution is 2.43. The molecular weight excluding hydrogens is 790 g/mol. The van der Waals surface area contributed by atoms with Crippen molar-refractivity contribution in [2.45, 2.75) is 201 Å². The fraction of sp³-hybridized carbons (Fsp3) is 1.00. The van der Waals surface area contributed by atoms with E-state index < -0.39 is 146 Å². The van der Waals surface area contributed by atoms with E-state index in [1.165, 1.54) is 4.90 Å². The average molecular weight is 850 g/mol. The van der Waals surface area contributed by atoms with Gasteiger partial charge in [0.25, 0.3) is 0 Å². The van der Waals surface area contributed by atoms with Gasteiger partial charge in [0.2, 0.25) is 0 Å². The van der Waals surface area contributed by atoms with Crippen molar-refractivity contribution in [3.05, 3.63) is 10.4 Å². The third kappa shape index (κ3) is 8.75. The molecular formula is C36H59N5O18. The van der Waals surface area contributed by atoms with Crippen molar-refractivity contribution >= 4 is 0 Å². The van der Waals surface area contributed by atoms with Gasteiger partial charge in [-0.3, -0.25) is 4.90 Å². The number of fused-ring (bicyclic) bond motifs is 4. The summed E-state index contributed by atoms with van der Waals surface area (Å²) < 4.78 is 71.0. The molecule has 0 aliphatic carbocycles. The van der Waals surface area contributed by atoms with Crippen LogP contribution in [0.2, 0.25) is 0 Å². The number of aliphatic hydroxyl groups excluding tert-OH is 6. The summed E-state index contributed by atoms with van der Waals surface area (Å²) in [6, 6.07) is -1.71. The minimum absolute atomic E-state index is 0.142. The predicted molar refractivity (Wildman–Crippen MR) is 192 cm³/mol. The summed E-state index contributed by atoms with van der Waals surface area (Å²) in [4.78, 5) is 4.46. The fourth-order valence-electron chi connectivity index (χ4n) is 9.49. The van der Waals surface area contributed by atoms with E-state index in [9.17, 15) is 36.2 Å². The van der Waals surface area contributed by atoms with Gasteiger partial charge in [0.1, 0.15) is 54.9 Å². The molecule has 59 heavy (non-hydrogen) atoms. The number of nitrogens with zero attached hydrogens (tertiary/aromatic N) is 4. The minimum atomic E-state index is -1.39. The van der Waals surface area contributed by atoms with E-state index in [1.54, 1.807) is 55.4 Å². The summed E-state index contributed by atoms with van der Waals surface area (Å²) in [5.74, 6) is -4.04. The van der Waals surface area contributed by atoms with Crippen LogP contribution in [0.1, 0.15) is 55.4 Å². The molecule has 8 saturated heterocycles. The maximum Gasteiger partial charge on any atom is 0.190 e. The summed E-state index contributed by atoms with van der Waals surface area (Å²) in [6.45, 7) is 12.6. The first kappa shape index (κ1) is 44.1. The van der Waals surface area contributed by atoms with Crippen molar-refractivity contribution in [3.63, 3.8) is 0 Å². The van der Waals surface area contributed by atoms with Crippen LogP contribution in [0.4, 0.5) is 0 Å². The zero-order chi connectivity index (χ0) is 42.6. The Kier molecular flexibility index (Phi) is 11.9. The van der Waals surface area contributed by atoms with E-state index in [1.807, 2.05) is 0 Å². The molecule has 20 atom stereocenters. The van der Waals surface area contributed by atoms with E-state index in [-0.39, 0.29) is 26.2 Å². The molecule has 8 aliphatic rings. The topological polar surface area (TPSA) is 296 Å². The standard InChI is InChI=1S/C36H59N5O18/c1-33(2)52-25-17(38-9-13(42)21-18(39-40-37)26-30(48-21)57-34(3,4)53-26)22(49-29(25)56-33)14(43)10-41(11-15(44)23-19(46)27-31(50-23)58-35(5,6)54-27)12-16(45)24-20(47)28-32(51-24)59-36(7,8)55-28/h13-32,38,42-47H,9-12H2,1-8H3/t13-,14-,15-,16-,17+,18+,19+,20+,21-,22-,23-,24-,25-,26-,27-,28-,29-,30-,31-,32-/m1/s1. The van der Waals surface area contributed by atoms with Crippen LogP contribution in [0.3, 0.4) is 0 Å². The second-order valence-electron chi connectivity index (χ2n) is 18.4. The SMILES string of the molecule is CC1(C)O[C@H]2O[C@H]([C@H](O)CN(C[C@@H](O)[C@H]3O[C@@H]4OC(C)(C)O[C@@H]4[C@H]3O)C[C@@H](O)[C@H]3O[C@@H]4OC(C)(C)O[C@@H]4[C@H]3NC[C@@H](O)[C@H]3O[C@@H]4OC(C)(C)O[C@@H]4[C@H]3N=[N+]=[N-])[C@H](O)[C@H]2O1. The van der Waals surface area contributed by atoms with Crippen molar-refractivity contribution in [2.75, 3.05) is 26.2 Å². The van der Waals surface area contributed by atoms with Gasteiger partial charge in [0.05, 0.1) is 42.6 Å². The first-order valence-corrected chi connectivity index (χ1v) is 20.2. The molecule has 0 aromatic heterocycles. The highest BCUT2D eigenvalue weighted by atomic mass is 16.9. The number of rotatable bonds is 14. The van der Waals surface area contributed by atoms with Crippen molar-refractivity contribution in [2.24, 2.45) is 5.11 Å². The molecule has 8 aliphatic heterocycles. The zero-order valence-electron chi connectivity index (χ0n) is 34.2. The Morgan fingerprint density at radius 2 is 0.915 bits per heavy atom. The molecule has 0 bridgehead atoms. The smallest absolute Gasteiger partial charge is 0.190 e. The quantitative estimate of drug-likeness (QED) is 0.0544. The summed E-state index contributed by atoms with van der Waals surface area (Å²) in [5.41, 5.74) is 9.31. The van der Waals surface area contributed by atoms with Crippen LogP contribution in [0.25, 0.3) is 10.4 Å². The van der Waals surface area contributed by atoms with Crippen molar-refractivity contribution in [1.82, 2.24) is 10.2 Å². The third-order valence-corrected chi connectivity index (χ3v) is 11.8. The van der Waals surface area contributed by atoms with Gasteiger partial charge in [0.15, 0.2) is 48.3 Å². The molecule has 8 fully saturated rings. The Morgan fingerprint density at radius 1 is 0.542 bits per heavy atom.